The zero-order valence-electron chi connectivity index (χ0n) is 17.4. The molecule has 160 valence electrons. The number of esters is 1. The molecule has 0 bridgehead atoms. The molecule has 0 radical (unpaired) electrons. The van der Waals surface area contributed by atoms with E-state index in [1.54, 1.807) is 10.9 Å². The fraction of sp³-hybridized carbons (Fsp3) is 0.292. The Labute approximate surface area is 181 Å². The van der Waals surface area contributed by atoms with E-state index in [0.29, 0.717) is 17.8 Å². The van der Waals surface area contributed by atoms with E-state index in [1.807, 2.05) is 61.5 Å². The first kappa shape index (κ1) is 20.8. The van der Waals surface area contributed by atoms with Crippen LogP contribution in [-0.4, -0.2) is 47.5 Å². The lowest BCUT2D eigenvalue weighted by Gasteiger charge is -2.11. The van der Waals surface area contributed by atoms with Gasteiger partial charge >= 0.3 is 5.97 Å². The van der Waals surface area contributed by atoms with Crippen molar-refractivity contribution >= 4 is 11.9 Å². The molecule has 2 aromatic carbocycles. The molecule has 1 amide bonds. The van der Waals surface area contributed by atoms with E-state index in [9.17, 15) is 9.59 Å². The Balaban J connectivity index is 1.50. The van der Waals surface area contributed by atoms with Crippen LogP contribution < -0.4 is 5.32 Å². The predicted octanol–water partition coefficient (Wildman–Crippen LogP) is 3.30. The first-order valence-electron chi connectivity index (χ1n) is 10.4. The molecule has 1 aliphatic rings. The Morgan fingerprint density at radius 2 is 2.03 bits per heavy atom. The number of carbonyl (C=O) groups excluding carboxylic acids is 2. The van der Waals surface area contributed by atoms with Gasteiger partial charge in [0.25, 0.3) is 5.91 Å². The van der Waals surface area contributed by atoms with E-state index in [2.05, 4.69) is 10.4 Å². The second-order valence-corrected chi connectivity index (χ2v) is 7.56. The van der Waals surface area contributed by atoms with Crippen LogP contribution in [0.1, 0.15) is 28.8 Å². The number of nitrogens with zero attached hydrogens (tertiary/aromatic N) is 2. The maximum atomic E-state index is 12.9. The van der Waals surface area contributed by atoms with Crippen LogP contribution in [0, 0.1) is 6.92 Å². The molecule has 1 aliphatic heterocycles. The van der Waals surface area contributed by atoms with E-state index in [1.165, 1.54) is 0 Å². The minimum Gasteiger partial charge on any atom is -0.452 e. The Bertz CT molecular complexity index is 1060. The van der Waals surface area contributed by atoms with Crippen LogP contribution in [-0.2, 0) is 14.3 Å². The summed E-state index contributed by atoms with van der Waals surface area (Å²) in [5.74, 6) is -0.942. The summed E-state index contributed by atoms with van der Waals surface area (Å²) in [6.07, 6.45) is 3.61. The third-order valence-corrected chi connectivity index (χ3v) is 5.13. The first-order valence-corrected chi connectivity index (χ1v) is 10.4. The summed E-state index contributed by atoms with van der Waals surface area (Å²) in [5.41, 5.74) is 3.51. The highest BCUT2D eigenvalue weighted by atomic mass is 16.5. The van der Waals surface area contributed by atoms with Crippen LogP contribution in [0.2, 0.25) is 0 Å². The first-order chi connectivity index (χ1) is 15.1. The normalized spacial score (nSPS) is 15.6. The number of hydrogen-bond donors (Lipinski definition) is 1. The van der Waals surface area contributed by atoms with Gasteiger partial charge in [-0.1, -0.05) is 42.0 Å². The van der Waals surface area contributed by atoms with Crippen molar-refractivity contribution in [1.82, 2.24) is 15.1 Å². The van der Waals surface area contributed by atoms with Crippen LogP contribution in [0.3, 0.4) is 0 Å². The number of nitrogens with one attached hydrogen (secondary N) is 1. The summed E-state index contributed by atoms with van der Waals surface area (Å²) in [7, 11) is 0. The molecule has 2 heterocycles. The number of ether oxygens (including phenoxy) is 2. The molecule has 1 aromatic heterocycles. The largest absolute Gasteiger partial charge is 0.452 e. The molecule has 7 heteroatoms. The van der Waals surface area contributed by atoms with Crippen molar-refractivity contribution in [2.24, 2.45) is 0 Å². The van der Waals surface area contributed by atoms with Crippen LogP contribution in [0.4, 0.5) is 0 Å². The van der Waals surface area contributed by atoms with E-state index in [4.69, 9.17) is 9.47 Å². The fourth-order valence-corrected chi connectivity index (χ4v) is 3.53. The van der Waals surface area contributed by atoms with Crippen LogP contribution in [0.25, 0.3) is 16.9 Å². The summed E-state index contributed by atoms with van der Waals surface area (Å²) < 4.78 is 12.4. The second-order valence-electron chi connectivity index (χ2n) is 7.56. The monoisotopic (exact) mass is 419 g/mol. The van der Waals surface area contributed by atoms with E-state index in [-0.39, 0.29) is 18.6 Å². The van der Waals surface area contributed by atoms with Crippen molar-refractivity contribution in [3.63, 3.8) is 0 Å². The van der Waals surface area contributed by atoms with Crippen molar-refractivity contribution in [2.75, 3.05) is 19.8 Å². The molecular formula is C24H25N3O4. The van der Waals surface area contributed by atoms with E-state index in [0.717, 1.165) is 36.3 Å². The number of para-hydroxylation sites is 1. The number of carbonyl (C=O) groups is 2. The van der Waals surface area contributed by atoms with Crippen molar-refractivity contribution in [2.45, 2.75) is 25.9 Å². The van der Waals surface area contributed by atoms with Crippen molar-refractivity contribution in [3.8, 4) is 16.9 Å². The van der Waals surface area contributed by atoms with Crippen LogP contribution in [0.5, 0.6) is 0 Å². The molecule has 0 saturated carbocycles. The van der Waals surface area contributed by atoms with Gasteiger partial charge < -0.3 is 14.8 Å². The van der Waals surface area contributed by atoms with Crippen molar-refractivity contribution < 1.29 is 19.1 Å². The van der Waals surface area contributed by atoms with Gasteiger partial charge in [-0.2, -0.15) is 5.10 Å². The van der Waals surface area contributed by atoms with Gasteiger partial charge in [-0.15, -0.1) is 0 Å². The summed E-state index contributed by atoms with van der Waals surface area (Å²) in [5, 5.41) is 7.38. The molecule has 1 fully saturated rings. The standard InChI is InChI=1S/C24H25N3O4/c1-17-7-5-8-18(13-17)23-21(15-27(26-23)19-9-3-2-4-10-19)24(29)31-16-22(28)25-14-20-11-6-12-30-20/h2-5,7-10,13,15,20H,6,11-12,14,16H2,1H3,(H,25,28)/t20-/m0/s1. The van der Waals surface area contributed by atoms with Crippen molar-refractivity contribution in [1.29, 1.82) is 0 Å². The molecule has 0 aliphatic carbocycles. The van der Waals surface area contributed by atoms with E-state index < -0.39 is 5.97 Å². The van der Waals surface area contributed by atoms with Gasteiger partial charge in [0.1, 0.15) is 11.3 Å². The molecule has 31 heavy (non-hydrogen) atoms. The molecule has 7 nitrogen and oxygen atoms in total. The van der Waals surface area contributed by atoms with Crippen LogP contribution >= 0.6 is 0 Å². The highest BCUT2D eigenvalue weighted by molar-refractivity contribution is 5.97. The quantitative estimate of drug-likeness (QED) is 0.594. The minimum atomic E-state index is -0.592. The molecule has 4 rings (SSSR count). The zero-order chi connectivity index (χ0) is 21.6. The number of amides is 1. The summed E-state index contributed by atoms with van der Waals surface area (Å²) in [6.45, 7) is 2.78. The van der Waals surface area contributed by atoms with Gasteiger partial charge in [0.15, 0.2) is 6.61 Å². The van der Waals surface area contributed by atoms with Gasteiger partial charge in [0, 0.05) is 24.9 Å². The number of benzene rings is 2. The molecule has 0 unspecified atom stereocenters. The Hall–Kier alpha value is -3.45. The topological polar surface area (TPSA) is 82.5 Å². The van der Waals surface area contributed by atoms with Gasteiger partial charge in [0.2, 0.25) is 0 Å². The lowest BCUT2D eigenvalue weighted by Crippen LogP contribution is -2.34. The average molecular weight is 419 g/mol. The maximum absolute atomic E-state index is 12.9. The van der Waals surface area contributed by atoms with Crippen molar-refractivity contribution in [3.05, 3.63) is 71.9 Å². The summed E-state index contributed by atoms with van der Waals surface area (Å²) in [4.78, 5) is 25.0. The zero-order valence-corrected chi connectivity index (χ0v) is 17.4. The summed E-state index contributed by atoms with van der Waals surface area (Å²) >= 11 is 0. The predicted molar refractivity (Wildman–Crippen MR) is 116 cm³/mol. The maximum Gasteiger partial charge on any atom is 0.342 e. The lowest BCUT2D eigenvalue weighted by molar-refractivity contribution is -0.124. The number of rotatable bonds is 7. The molecule has 0 spiro atoms. The number of hydrogen-bond acceptors (Lipinski definition) is 5. The summed E-state index contributed by atoms with van der Waals surface area (Å²) in [6, 6.07) is 17.3. The third kappa shape index (κ3) is 5.19. The van der Waals surface area contributed by atoms with Gasteiger partial charge in [-0.3, -0.25) is 4.79 Å². The minimum absolute atomic E-state index is 0.0386. The Kier molecular flexibility index (Phi) is 6.43. The van der Waals surface area contributed by atoms with Gasteiger partial charge in [0.05, 0.1) is 11.8 Å². The molecular weight excluding hydrogens is 394 g/mol. The molecule has 1 saturated heterocycles. The SMILES string of the molecule is Cc1cccc(-c2nn(-c3ccccc3)cc2C(=O)OCC(=O)NC[C@@H]2CCCO2)c1. The fourth-order valence-electron chi connectivity index (χ4n) is 3.53. The smallest absolute Gasteiger partial charge is 0.342 e. The Morgan fingerprint density at radius 1 is 1.19 bits per heavy atom. The van der Waals surface area contributed by atoms with Gasteiger partial charge in [-0.25, -0.2) is 9.48 Å². The second kappa shape index (κ2) is 9.57. The highest BCUT2D eigenvalue weighted by Crippen LogP contribution is 2.25. The molecule has 1 atom stereocenters. The van der Waals surface area contributed by atoms with Gasteiger partial charge in [-0.05, 0) is 38.0 Å². The average Bonchev–Trinajstić information content (AvgIpc) is 3.47. The lowest BCUT2D eigenvalue weighted by atomic mass is 10.1. The third-order valence-electron chi connectivity index (χ3n) is 5.13. The highest BCUT2D eigenvalue weighted by Gasteiger charge is 2.22. The molecule has 1 N–H and O–H groups in total. The number of aromatic nitrogens is 2. The van der Waals surface area contributed by atoms with Crippen LogP contribution in [0.15, 0.2) is 60.8 Å². The Morgan fingerprint density at radius 3 is 2.77 bits per heavy atom. The van der Waals surface area contributed by atoms with E-state index >= 15 is 0 Å². The molecule has 3 aromatic rings. The number of aryl methyl sites for hydroxylation is 1.